The molecule has 1 aliphatic heterocycles. The Morgan fingerprint density at radius 3 is 3.17 bits per heavy atom. The van der Waals surface area contributed by atoms with E-state index in [1.807, 2.05) is 0 Å². The number of anilines is 1. The molecule has 0 spiro atoms. The maximum absolute atomic E-state index is 6.05. The highest BCUT2D eigenvalue weighted by Gasteiger charge is 2.17. The molecule has 2 aromatic rings. The van der Waals surface area contributed by atoms with E-state index in [4.69, 9.17) is 10.5 Å². The number of imidazole rings is 1. The maximum atomic E-state index is 6.05. The summed E-state index contributed by atoms with van der Waals surface area (Å²) in [5, 5.41) is 0. The molecule has 3 rings (SSSR count). The normalized spacial score (nSPS) is 20.4. The summed E-state index contributed by atoms with van der Waals surface area (Å²) < 4.78 is 7.66. The summed E-state index contributed by atoms with van der Waals surface area (Å²) >= 11 is 0. The second kappa shape index (κ2) is 4.61. The van der Waals surface area contributed by atoms with Crippen LogP contribution in [0.25, 0.3) is 11.0 Å². The summed E-state index contributed by atoms with van der Waals surface area (Å²) in [7, 11) is 0. The Balaban J connectivity index is 1.95. The summed E-state index contributed by atoms with van der Waals surface area (Å²) in [5.74, 6) is 1.17. The third-order valence-corrected chi connectivity index (χ3v) is 3.71. The van der Waals surface area contributed by atoms with Crippen molar-refractivity contribution in [1.82, 2.24) is 9.55 Å². The van der Waals surface area contributed by atoms with Crippen LogP contribution in [0.5, 0.6) is 0 Å². The molecule has 2 heterocycles. The van der Waals surface area contributed by atoms with Gasteiger partial charge in [0.1, 0.15) is 0 Å². The lowest BCUT2D eigenvalue weighted by Gasteiger charge is -2.23. The lowest BCUT2D eigenvalue weighted by atomic mass is 10.0. The molecular formula is C14H19N3O. The van der Waals surface area contributed by atoms with Gasteiger partial charge in [0.25, 0.3) is 0 Å². The number of aryl methyl sites for hydroxylation is 1. The van der Waals surface area contributed by atoms with Gasteiger partial charge in [-0.2, -0.15) is 0 Å². The van der Waals surface area contributed by atoms with Crippen molar-refractivity contribution in [3.8, 4) is 0 Å². The van der Waals surface area contributed by atoms with Gasteiger partial charge in [-0.25, -0.2) is 4.98 Å². The van der Waals surface area contributed by atoms with Crippen molar-refractivity contribution in [1.29, 1.82) is 0 Å². The summed E-state index contributed by atoms with van der Waals surface area (Å²) in [6.07, 6.45) is 2.36. The number of rotatable bonds is 2. The van der Waals surface area contributed by atoms with Crippen LogP contribution in [0.2, 0.25) is 0 Å². The van der Waals surface area contributed by atoms with Crippen molar-refractivity contribution in [2.45, 2.75) is 26.3 Å². The fourth-order valence-electron chi connectivity index (χ4n) is 2.71. The van der Waals surface area contributed by atoms with Gasteiger partial charge in [-0.3, -0.25) is 0 Å². The summed E-state index contributed by atoms with van der Waals surface area (Å²) in [6.45, 7) is 4.72. The second-order valence-corrected chi connectivity index (χ2v) is 5.11. The van der Waals surface area contributed by atoms with Crippen molar-refractivity contribution in [2.24, 2.45) is 5.92 Å². The molecule has 1 aliphatic rings. The molecule has 1 atom stereocenters. The molecule has 2 N–H and O–H groups in total. The van der Waals surface area contributed by atoms with E-state index in [1.165, 1.54) is 12.0 Å². The van der Waals surface area contributed by atoms with Crippen LogP contribution in [0.15, 0.2) is 18.2 Å². The molecule has 4 heteroatoms. The number of benzene rings is 1. The number of nitrogen functional groups attached to an aromatic ring is 1. The molecule has 0 bridgehead atoms. The van der Waals surface area contributed by atoms with Crippen molar-refractivity contribution in [2.75, 3.05) is 18.9 Å². The number of ether oxygens (including phenoxy) is 1. The molecule has 1 aromatic heterocycles. The highest BCUT2D eigenvalue weighted by Crippen LogP contribution is 2.24. The fourth-order valence-corrected chi connectivity index (χ4v) is 2.71. The lowest BCUT2D eigenvalue weighted by molar-refractivity contribution is 0.0490. The third-order valence-electron chi connectivity index (χ3n) is 3.71. The van der Waals surface area contributed by atoms with E-state index in [9.17, 15) is 0 Å². The second-order valence-electron chi connectivity index (χ2n) is 5.11. The molecule has 1 aromatic carbocycles. The van der Waals surface area contributed by atoms with Crippen molar-refractivity contribution in [3.05, 3.63) is 23.8 Å². The molecule has 0 saturated carbocycles. The zero-order valence-electron chi connectivity index (χ0n) is 10.7. The van der Waals surface area contributed by atoms with E-state index in [2.05, 4.69) is 34.7 Å². The molecule has 0 amide bonds. The van der Waals surface area contributed by atoms with E-state index in [0.29, 0.717) is 11.9 Å². The molecule has 0 aliphatic carbocycles. The van der Waals surface area contributed by atoms with Gasteiger partial charge in [0.05, 0.1) is 17.6 Å². The van der Waals surface area contributed by atoms with E-state index >= 15 is 0 Å². The Bertz CT molecular complexity index is 555. The predicted octanol–water partition coefficient (Wildman–Crippen LogP) is 2.35. The summed E-state index contributed by atoms with van der Waals surface area (Å²) in [4.78, 5) is 4.48. The third kappa shape index (κ3) is 1.97. The zero-order valence-corrected chi connectivity index (χ0v) is 10.7. The quantitative estimate of drug-likeness (QED) is 0.883. The minimum Gasteiger partial charge on any atom is -0.381 e. The van der Waals surface area contributed by atoms with E-state index in [1.54, 1.807) is 0 Å². The predicted molar refractivity (Wildman–Crippen MR) is 72.4 cm³/mol. The molecule has 1 saturated heterocycles. The Hall–Kier alpha value is -1.55. The first-order chi connectivity index (χ1) is 8.75. The highest BCUT2D eigenvalue weighted by molar-refractivity contribution is 5.81. The van der Waals surface area contributed by atoms with E-state index in [0.717, 1.165) is 37.2 Å². The van der Waals surface area contributed by atoms with Crippen LogP contribution in [0.3, 0.4) is 0 Å². The van der Waals surface area contributed by atoms with Crippen LogP contribution in [0, 0.1) is 12.8 Å². The molecule has 0 radical (unpaired) electrons. The molecule has 4 nitrogen and oxygen atoms in total. The maximum Gasteiger partial charge on any atom is 0.201 e. The highest BCUT2D eigenvalue weighted by atomic mass is 16.5. The lowest BCUT2D eigenvalue weighted by Crippen LogP contribution is -2.22. The van der Waals surface area contributed by atoms with Crippen LogP contribution in [0.1, 0.15) is 18.4 Å². The number of hydrogen-bond acceptors (Lipinski definition) is 3. The topological polar surface area (TPSA) is 53.1 Å². The van der Waals surface area contributed by atoms with E-state index < -0.39 is 0 Å². The Kier molecular flexibility index (Phi) is 2.96. The zero-order chi connectivity index (χ0) is 12.5. The van der Waals surface area contributed by atoms with Crippen LogP contribution < -0.4 is 5.73 Å². The van der Waals surface area contributed by atoms with Gasteiger partial charge in [-0.15, -0.1) is 0 Å². The first-order valence-electron chi connectivity index (χ1n) is 6.55. The van der Waals surface area contributed by atoms with Crippen molar-refractivity contribution < 1.29 is 4.74 Å². The standard InChI is InChI=1S/C14H19N3O/c1-10-4-2-6-12-13(10)16-14(15)17(12)8-11-5-3-7-18-9-11/h2,4,6,11H,3,5,7-9H2,1H3,(H2,15,16). The monoisotopic (exact) mass is 245 g/mol. The first kappa shape index (κ1) is 11.5. The van der Waals surface area contributed by atoms with Crippen LogP contribution >= 0.6 is 0 Å². The molecular weight excluding hydrogens is 226 g/mol. The smallest absolute Gasteiger partial charge is 0.201 e. The number of nitrogens with zero attached hydrogens (tertiary/aromatic N) is 2. The number of para-hydroxylation sites is 1. The first-order valence-corrected chi connectivity index (χ1v) is 6.55. The van der Waals surface area contributed by atoms with Crippen molar-refractivity contribution in [3.63, 3.8) is 0 Å². The fraction of sp³-hybridized carbons (Fsp3) is 0.500. The number of hydrogen-bond donors (Lipinski definition) is 1. The van der Waals surface area contributed by atoms with Gasteiger partial charge in [0, 0.05) is 19.1 Å². The van der Waals surface area contributed by atoms with Gasteiger partial charge in [-0.1, -0.05) is 12.1 Å². The van der Waals surface area contributed by atoms with Gasteiger partial charge >= 0.3 is 0 Å². The van der Waals surface area contributed by atoms with E-state index in [-0.39, 0.29) is 0 Å². The SMILES string of the molecule is Cc1cccc2c1nc(N)n2CC1CCCOC1. The van der Waals surface area contributed by atoms with Crippen molar-refractivity contribution >= 4 is 17.0 Å². The Labute approximate surface area is 107 Å². The summed E-state index contributed by atoms with van der Waals surface area (Å²) in [6, 6.07) is 6.23. The van der Waals surface area contributed by atoms with Gasteiger partial charge < -0.3 is 15.0 Å². The van der Waals surface area contributed by atoms with Crippen LogP contribution in [-0.4, -0.2) is 22.8 Å². The van der Waals surface area contributed by atoms with Gasteiger partial charge in [0.15, 0.2) is 0 Å². The average molecular weight is 245 g/mol. The minimum atomic E-state index is 0.555. The summed E-state index contributed by atoms with van der Waals surface area (Å²) in [5.41, 5.74) is 9.39. The van der Waals surface area contributed by atoms with Gasteiger partial charge in [0.2, 0.25) is 5.95 Å². The van der Waals surface area contributed by atoms with Crippen LogP contribution in [0.4, 0.5) is 5.95 Å². The molecule has 1 fully saturated rings. The molecule has 96 valence electrons. The molecule has 1 unspecified atom stereocenters. The number of fused-ring (bicyclic) bond motifs is 1. The minimum absolute atomic E-state index is 0.555. The number of nitrogens with two attached hydrogens (primary N) is 1. The van der Waals surface area contributed by atoms with Gasteiger partial charge in [-0.05, 0) is 31.4 Å². The van der Waals surface area contributed by atoms with Crippen LogP contribution in [-0.2, 0) is 11.3 Å². The Morgan fingerprint density at radius 1 is 1.50 bits per heavy atom. The number of aromatic nitrogens is 2. The Morgan fingerprint density at radius 2 is 2.39 bits per heavy atom. The average Bonchev–Trinajstić information content (AvgIpc) is 2.70. The largest absolute Gasteiger partial charge is 0.381 e. The molecule has 18 heavy (non-hydrogen) atoms.